The molecule has 17 heavy (non-hydrogen) atoms. The van der Waals surface area contributed by atoms with Crippen molar-refractivity contribution in [2.24, 2.45) is 11.8 Å². The number of piperidine rings is 1. The molecular formula is C15H28N2. The fourth-order valence-corrected chi connectivity index (χ4v) is 3.72. The summed E-state index contributed by atoms with van der Waals surface area (Å²) in [4.78, 5) is 0. The van der Waals surface area contributed by atoms with Crippen LogP contribution >= 0.6 is 0 Å². The molecule has 0 bridgehead atoms. The van der Waals surface area contributed by atoms with Crippen molar-refractivity contribution in [3.05, 3.63) is 0 Å². The minimum atomic E-state index is 0.758. The minimum absolute atomic E-state index is 0.758. The topological polar surface area (TPSA) is 24.1 Å². The number of hydrogen-bond acceptors (Lipinski definition) is 2. The highest BCUT2D eigenvalue weighted by molar-refractivity contribution is 4.90. The Balaban J connectivity index is 1.33. The summed E-state index contributed by atoms with van der Waals surface area (Å²) < 4.78 is 0. The average molecular weight is 236 g/mol. The number of fused-ring (bicyclic) bond motifs is 1. The molecule has 2 saturated carbocycles. The average Bonchev–Trinajstić information content (AvgIpc) is 3.18. The predicted molar refractivity (Wildman–Crippen MR) is 72.1 cm³/mol. The summed E-state index contributed by atoms with van der Waals surface area (Å²) in [5.41, 5.74) is 0. The maximum Gasteiger partial charge on any atom is 0.0195 e. The van der Waals surface area contributed by atoms with E-state index in [0.29, 0.717) is 0 Å². The Morgan fingerprint density at radius 2 is 1.82 bits per heavy atom. The second kappa shape index (κ2) is 5.71. The third kappa shape index (κ3) is 3.45. The lowest BCUT2D eigenvalue weighted by atomic mass is 9.78. The molecule has 2 nitrogen and oxygen atoms in total. The van der Waals surface area contributed by atoms with Crippen LogP contribution in [0.15, 0.2) is 0 Å². The van der Waals surface area contributed by atoms with Gasteiger partial charge >= 0.3 is 0 Å². The molecule has 3 unspecified atom stereocenters. The fraction of sp³-hybridized carbons (Fsp3) is 1.00. The van der Waals surface area contributed by atoms with E-state index in [9.17, 15) is 0 Å². The second-order valence-corrected chi connectivity index (χ2v) is 6.53. The van der Waals surface area contributed by atoms with Crippen LogP contribution in [0.2, 0.25) is 0 Å². The van der Waals surface area contributed by atoms with Gasteiger partial charge in [0.25, 0.3) is 0 Å². The van der Waals surface area contributed by atoms with Gasteiger partial charge < -0.3 is 10.6 Å². The molecular weight excluding hydrogens is 208 g/mol. The van der Waals surface area contributed by atoms with Gasteiger partial charge in [-0.3, -0.25) is 0 Å². The first kappa shape index (κ1) is 12.0. The summed E-state index contributed by atoms with van der Waals surface area (Å²) in [6, 6.07) is 1.61. The van der Waals surface area contributed by atoms with Crippen LogP contribution in [0.4, 0.5) is 0 Å². The van der Waals surface area contributed by atoms with Crippen molar-refractivity contribution >= 4 is 0 Å². The quantitative estimate of drug-likeness (QED) is 0.717. The van der Waals surface area contributed by atoms with E-state index >= 15 is 0 Å². The second-order valence-electron chi connectivity index (χ2n) is 6.53. The minimum Gasteiger partial charge on any atom is -0.315 e. The molecule has 3 atom stereocenters. The molecule has 0 spiro atoms. The fourth-order valence-electron chi connectivity index (χ4n) is 3.72. The van der Waals surface area contributed by atoms with Gasteiger partial charge in [-0.15, -0.1) is 0 Å². The van der Waals surface area contributed by atoms with E-state index in [1.54, 1.807) is 0 Å². The van der Waals surface area contributed by atoms with Gasteiger partial charge in [-0.05, 0) is 50.5 Å². The van der Waals surface area contributed by atoms with E-state index < -0.39 is 0 Å². The first-order chi connectivity index (χ1) is 8.42. The maximum atomic E-state index is 3.90. The zero-order chi connectivity index (χ0) is 11.5. The van der Waals surface area contributed by atoms with Crippen LogP contribution in [0.3, 0.4) is 0 Å². The van der Waals surface area contributed by atoms with Crippen molar-refractivity contribution < 1.29 is 0 Å². The highest BCUT2D eigenvalue weighted by Crippen LogP contribution is 2.32. The molecule has 2 heteroatoms. The Bertz CT molecular complexity index is 237. The molecule has 0 amide bonds. The van der Waals surface area contributed by atoms with Crippen LogP contribution in [0.1, 0.15) is 57.8 Å². The van der Waals surface area contributed by atoms with Gasteiger partial charge in [0.2, 0.25) is 0 Å². The monoisotopic (exact) mass is 236 g/mol. The van der Waals surface area contributed by atoms with Gasteiger partial charge in [-0.2, -0.15) is 0 Å². The standard InChI is InChI=1S/C15H28N2/c1-2-4-15-13(3-1)7-8-14(17-15)11-16-10-9-12-5-6-12/h12-17H,1-11H2. The first-order valence-electron chi connectivity index (χ1n) is 7.88. The molecule has 3 fully saturated rings. The lowest BCUT2D eigenvalue weighted by Crippen LogP contribution is -2.52. The summed E-state index contributed by atoms with van der Waals surface area (Å²) in [5.74, 6) is 2.08. The normalized spacial score (nSPS) is 37.8. The van der Waals surface area contributed by atoms with Crippen LogP contribution in [0.25, 0.3) is 0 Å². The maximum absolute atomic E-state index is 3.90. The molecule has 2 N–H and O–H groups in total. The van der Waals surface area contributed by atoms with E-state index in [4.69, 9.17) is 0 Å². The van der Waals surface area contributed by atoms with Crippen LogP contribution in [0, 0.1) is 11.8 Å². The van der Waals surface area contributed by atoms with E-state index in [1.807, 2.05) is 0 Å². The summed E-state index contributed by atoms with van der Waals surface area (Å²) in [5, 5.41) is 7.56. The van der Waals surface area contributed by atoms with Crippen molar-refractivity contribution in [2.45, 2.75) is 69.9 Å². The molecule has 0 aromatic carbocycles. The van der Waals surface area contributed by atoms with E-state index in [1.165, 1.54) is 70.9 Å². The van der Waals surface area contributed by atoms with Gasteiger partial charge in [0, 0.05) is 18.6 Å². The summed E-state index contributed by atoms with van der Waals surface area (Å²) >= 11 is 0. The smallest absolute Gasteiger partial charge is 0.0195 e. The van der Waals surface area contributed by atoms with Gasteiger partial charge in [0.05, 0.1) is 0 Å². The highest BCUT2D eigenvalue weighted by Gasteiger charge is 2.31. The van der Waals surface area contributed by atoms with Crippen molar-refractivity contribution in [3.63, 3.8) is 0 Å². The molecule has 98 valence electrons. The third-order valence-electron chi connectivity index (χ3n) is 5.06. The predicted octanol–water partition coefficient (Wildman–Crippen LogP) is 2.69. The third-order valence-corrected chi connectivity index (χ3v) is 5.06. The van der Waals surface area contributed by atoms with Gasteiger partial charge in [0.15, 0.2) is 0 Å². The van der Waals surface area contributed by atoms with Crippen LogP contribution in [0.5, 0.6) is 0 Å². The van der Waals surface area contributed by atoms with Crippen molar-refractivity contribution in [1.82, 2.24) is 10.6 Å². The molecule has 1 aliphatic heterocycles. The largest absolute Gasteiger partial charge is 0.315 e. The molecule has 0 aromatic heterocycles. The Hall–Kier alpha value is -0.0800. The Morgan fingerprint density at radius 1 is 0.941 bits per heavy atom. The summed E-state index contributed by atoms with van der Waals surface area (Å²) in [6.45, 7) is 2.45. The van der Waals surface area contributed by atoms with Gasteiger partial charge in [-0.1, -0.05) is 25.7 Å². The molecule has 0 aromatic rings. The van der Waals surface area contributed by atoms with Crippen molar-refractivity contribution in [2.75, 3.05) is 13.1 Å². The number of hydrogen-bond donors (Lipinski definition) is 2. The number of nitrogens with one attached hydrogen (secondary N) is 2. The zero-order valence-electron chi connectivity index (χ0n) is 11.1. The van der Waals surface area contributed by atoms with E-state index in [0.717, 1.165) is 23.9 Å². The molecule has 3 aliphatic rings. The van der Waals surface area contributed by atoms with Crippen LogP contribution in [-0.4, -0.2) is 25.2 Å². The van der Waals surface area contributed by atoms with Crippen molar-refractivity contribution in [1.29, 1.82) is 0 Å². The Kier molecular flexibility index (Phi) is 4.02. The Morgan fingerprint density at radius 3 is 2.71 bits per heavy atom. The number of rotatable bonds is 5. The zero-order valence-corrected chi connectivity index (χ0v) is 11.1. The molecule has 1 heterocycles. The van der Waals surface area contributed by atoms with Crippen LogP contribution in [-0.2, 0) is 0 Å². The van der Waals surface area contributed by atoms with E-state index in [-0.39, 0.29) is 0 Å². The molecule has 2 aliphatic carbocycles. The van der Waals surface area contributed by atoms with Crippen LogP contribution < -0.4 is 10.6 Å². The van der Waals surface area contributed by atoms with Crippen molar-refractivity contribution in [3.8, 4) is 0 Å². The molecule has 0 radical (unpaired) electrons. The SMILES string of the molecule is C1CCC2NC(CNCCC3CC3)CCC2C1. The molecule has 1 saturated heterocycles. The van der Waals surface area contributed by atoms with Gasteiger partial charge in [0.1, 0.15) is 0 Å². The van der Waals surface area contributed by atoms with Gasteiger partial charge in [-0.25, -0.2) is 0 Å². The summed E-state index contributed by atoms with van der Waals surface area (Å²) in [7, 11) is 0. The molecule has 3 rings (SSSR count). The Labute approximate surface area is 106 Å². The first-order valence-corrected chi connectivity index (χ1v) is 7.88. The highest BCUT2D eigenvalue weighted by atomic mass is 15.0. The lowest BCUT2D eigenvalue weighted by molar-refractivity contribution is 0.174. The lowest BCUT2D eigenvalue weighted by Gasteiger charge is -2.40. The van der Waals surface area contributed by atoms with E-state index in [2.05, 4.69) is 10.6 Å². The summed E-state index contributed by atoms with van der Waals surface area (Å²) in [6.07, 6.45) is 13.1.